The van der Waals surface area contributed by atoms with Gasteiger partial charge in [-0.1, -0.05) is 18.2 Å². The standard InChI is InChI=1S/C24H21N3O4/c1-15-13-18(16(2)26(15)19-11-9-17(10-12-19)24(30)31-3)14-21-22(28)25-27(23(21)29)20-7-5-4-6-8-20/h4-14H,1-3H3,(H,25,28). The number of hydrazine groups is 1. The van der Waals surface area contributed by atoms with E-state index in [2.05, 4.69) is 5.43 Å². The predicted octanol–water partition coefficient (Wildman–Crippen LogP) is 3.34. The Hall–Kier alpha value is -4.13. The van der Waals surface area contributed by atoms with E-state index in [9.17, 15) is 14.4 Å². The quantitative estimate of drug-likeness (QED) is 0.403. The number of methoxy groups -OCH3 is 1. The first-order valence-electron chi connectivity index (χ1n) is 9.70. The number of rotatable bonds is 4. The van der Waals surface area contributed by atoms with E-state index < -0.39 is 17.8 Å². The molecular weight excluding hydrogens is 394 g/mol. The number of carbonyl (C=O) groups excluding carboxylic acids is 3. The van der Waals surface area contributed by atoms with Crippen LogP contribution in [0.5, 0.6) is 0 Å². The van der Waals surface area contributed by atoms with Gasteiger partial charge in [0.05, 0.1) is 18.4 Å². The Balaban J connectivity index is 1.67. The van der Waals surface area contributed by atoms with Crippen molar-refractivity contribution in [3.05, 3.63) is 88.8 Å². The Morgan fingerprint density at radius 2 is 1.65 bits per heavy atom. The van der Waals surface area contributed by atoms with Crippen LogP contribution >= 0.6 is 0 Å². The molecular formula is C24H21N3O4. The molecule has 1 aromatic heterocycles. The highest BCUT2D eigenvalue weighted by molar-refractivity contribution is 6.31. The summed E-state index contributed by atoms with van der Waals surface area (Å²) in [5, 5.41) is 1.25. The van der Waals surface area contributed by atoms with Crippen LogP contribution in [-0.4, -0.2) is 29.5 Å². The minimum Gasteiger partial charge on any atom is -0.465 e. The van der Waals surface area contributed by atoms with Gasteiger partial charge < -0.3 is 9.30 Å². The lowest BCUT2D eigenvalue weighted by molar-refractivity contribution is -0.117. The number of benzene rings is 2. The minimum absolute atomic E-state index is 0.0742. The van der Waals surface area contributed by atoms with Crippen molar-refractivity contribution in [1.82, 2.24) is 9.99 Å². The van der Waals surface area contributed by atoms with Gasteiger partial charge >= 0.3 is 5.97 Å². The Morgan fingerprint density at radius 1 is 0.968 bits per heavy atom. The zero-order valence-electron chi connectivity index (χ0n) is 17.4. The molecule has 7 heteroatoms. The summed E-state index contributed by atoms with van der Waals surface area (Å²) < 4.78 is 6.74. The normalized spacial score (nSPS) is 14.8. The second-order valence-corrected chi connectivity index (χ2v) is 7.18. The molecule has 1 saturated heterocycles. The van der Waals surface area contributed by atoms with Crippen molar-refractivity contribution in [2.75, 3.05) is 12.1 Å². The maximum absolute atomic E-state index is 12.8. The van der Waals surface area contributed by atoms with Crippen molar-refractivity contribution in [2.45, 2.75) is 13.8 Å². The molecule has 1 fully saturated rings. The van der Waals surface area contributed by atoms with Crippen molar-refractivity contribution < 1.29 is 19.1 Å². The smallest absolute Gasteiger partial charge is 0.337 e. The van der Waals surface area contributed by atoms with Crippen molar-refractivity contribution in [1.29, 1.82) is 0 Å². The highest BCUT2D eigenvalue weighted by Crippen LogP contribution is 2.26. The van der Waals surface area contributed by atoms with E-state index in [0.717, 1.165) is 22.6 Å². The molecule has 156 valence electrons. The van der Waals surface area contributed by atoms with Gasteiger partial charge in [0, 0.05) is 17.1 Å². The maximum Gasteiger partial charge on any atom is 0.337 e. The second kappa shape index (κ2) is 7.95. The van der Waals surface area contributed by atoms with Crippen LogP contribution in [0, 0.1) is 13.8 Å². The van der Waals surface area contributed by atoms with Gasteiger partial charge in [-0.2, -0.15) is 0 Å². The van der Waals surface area contributed by atoms with Gasteiger partial charge in [0.15, 0.2) is 0 Å². The molecule has 1 aliphatic rings. The number of hydrogen-bond acceptors (Lipinski definition) is 4. The maximum atomic E-state index is 12.8. The Morgan fingerprint density at radius 3 is 2.29 bits per heavy atom. The second-order valence-electron chi connectivity index (χ2n) is 7.18. The van der Waals surface area contributed by atoms with Gasteiger partial charge in [-0.05, 0) is 68.0 Å². The molecule has 0 bridgehead atoms. The molecule has 0 aliphatic carbocycles. The fraction of sp³-hybridized carbons (Fsp3) is 0.125. The lowest BCUT2D eigenvalue weighted by Gasteiger charge is -2.13. The summed E-state index contributed by atoms with van der Waals surface area (Å²) in [4.78, 5) is 37.0. The fourth-order valence-corrected chi connectivity index (χ4v) is 3.67. The molecule has 2 amide bonds. The minimum atomic E-state index is -0.443. The van der Waals surface area contributed by atoms with E-state index in [1.54, 1.807) is 42.5 Å². The molecule has 2 heterocycles. The number of esters is 1. The lowest BCUT2D eigenvalue weighted by atomic mass is 10.1. The number of aromatic nitrogens is 1. The summed E-state index contributed by atoms with van der Waals surface area (Å²) in [6, 6.07) is 17.9. The molecule has 2 aromatic carbocycles. The summed E-state index contributed by atoms with van der Waals surface area (Å²) in [5.41, 5.74) is 7.18. The number of anilines is 1. The number of para-hydroxylation sites is 1. The molecule has 7 nitrogen and oxygen atoms in total. The summed E-state index contributed by atoms with van der Waals surface area (Å²) in [5.74, 6) is -1.24. The largest absolute Gasteiger partial charge is 0.465 e. The molecule has 0 atom stereocenters. The number of hydrogen-bond donors (Lipinski definition) is 1. The number of ether oxygens (including phenoxy) is 1. The summed E-state index contributed by atoms with van der Waals surface area (Å²) >= 11 is 0. The first-order valence-corrected chi connectivity index (χ1v) is 9.70. The van der Waals surface area contributed by atoms with Gasteiger partial charge in [0.2, 0.25) is 0 Å². The molecule has 0 radical (unpaired) electrons. The van der Waals surface area contributed by atoms with E-state index in [-0.39, 0.29) is 5.57 Å². The van der Waals surface area contributed by atoms with Crippen LogP contribution in [0.25, 0.3) is 11.8 Å². The van der Waals surface area contributed by atoms with Gasteiger partial charge in [-0.25, -0.2) is 9.80 Å². The van der Waals surface area contributed by atoms with Gasteiger partial charge in [0.25, 0.3) is 11.8 Å². The predicted molar refractivity (Wildman–Crippen MR) is 117 cm³/mol. The van der Waals surface area contributed by atoms with Gasteiger partial charge in [-0.3, -0.25) is 15.0 Å². The average molecular weight is 415 g/mol. The van der Waals surface area contributed by atoms with Crippen LogP contribution in [0.2, 0.25) is 0 Å². The van der Waals surface area contributed by atoms with Crippen LogP contribution in [0.1, 0.15) is 27.3 Å². The van der Waals surface area contributed by atoms with Crippen LogP contribution in [0.4, 0.5) is 5.69 Å². The number of carbonyl (C=O) groups is 3. The topological polar surface area (TPSA) is 80.6 Å². The van der Waals surface area contributed by atoms with E-state index in [1.165, 1.54) is 12.1 Å². The van der Waals surface area contributed by atoms with Crippen LogP contribution < -0.4 is 10.4 Å². The average Bonchev–Trinajstić information content (AvgIpc) is 3.23. The number of amides is 2. The zero-order valence-corrected chi connectivity index (χ0v) is 17.4. The molecule has 0 spiro atoms. The molecule has 31 heavy (non-hydrogen) atoms. The van der Waals surface area contributed by atoms with E-state index in [4.69, 9.17) is 4.74 Å². The molecule has 0 unspecified atom stereocenters. The molecule has 4 rings (SSSR count). The van der Waals surface area contributed by atoms with Crippen molar-refractivity contribution in [3.8, 4) is 5.69 Å². The highest BCUT2D eigenvalue weighted by Gasteiger charge is 2.34. The van der Waals surface area contributed by atoms with Crippen molar-refractivity contribution in [3.63, 3.8) is 0 Å². The Labute approximate surface area is 179 Å². The van der Waals surface area contributed by atoms with Crippen molar-refractivity contribution in [2.24, 2.45) is 0 Å². The lowest BCUT2D eigenvalue weighted by Crippen LogP contribution is -2.35. The Bertz CT molecular complexity index is 1210. The molecule has 1 aliphatic heterocycles. The van der Waals surface area contributed by atoms with Crippen LogP contribution in [-0.2, 0) is 14.3 Å². The monoisotopic (exact) mass is 415 g/mol. The molecule has 0 saturated carbocycles. The number of aryl methyl sites for hydroxylation is 1. The zero-order chi connectivity index (χ0) is 22.1. The number of nitrogens with one attached hydrogen (secondary N) is 1. The van der Waals surface area contributed by atoms with E-state index in [0.29, 0.717) is 11.3 Å². The van der Waals surface area contributed by atoms with Crippen LogP contribution in [0.3, 0.4) is 0 Å². The first-order chi connectivity index (χ1) is 14.9. The molecule has 3 aromatic rings. The third-order valence-electron chi connectivity index (χ3n) is 5.22. The van der Waals surface area contributed by atoms with E-state index >= 15 is 0 Å². The van der Waals surface area contributed by atoms with Gasteiger partial charge in [0.1, 0.15) is 5.57 Å². The molecule has 1 N–H and O–H groups in total. The SMILES string of the molecule is COC(=O)c1ccc(-n2c(C)cc(C=C3C(=O)NN(c4ccccc4)C3=O)c2C)cc1. The summed E-state index contributed by atoms with van der Waals surface area (Å²) in [6.45, 7) is 3.86. The fourth-order valence-electron chi connectivity index (χ4n) is 3.67. The number of nitrogens with zero attached hydrogens (tertiary/aromatic N) is 2. The van der Waals surface area contributed by atoms with E-state index in [1.807, 2.05) is 42.7 Å². The third kappa shape index (κ3) is 3.61. The third-order valence-corrected chi connectivity index (χ3v) is 5.22. The summed E-state index contributed by atoms with van der Waals surface area (Å²) in [7, 11) is 1.34. The summed E-state index contributed by atoms with van der Waals surface area (Å²) in [6.07, 6.45) is 1.61. The highest BCUT2D eigenvalue weighted by atomic mass is 16.5. The first kappa shape index (κ1) is 20.2. The Kier molecular flexibility index (Phi) is 5.17. The van der Waals surface area contributed by atoms with Crippen molar-refractivity contribution >= 4 is 29.5 Å². The van der Waals surface area contributed by atoms with Crippen LogP contribution in [0.15, 0.2) is 66.2 Å². The van der Waals surface area contributed by atoms with Gasteiger partial charge in [-0.15, -0.1) is 0 Å².